The van der Waals surface area contributed by atoms with E-state index in [0.29, 0.717) is 32.4 Å². The fourth-order valence-corrected chi connectivity index (χ4v) is 3.09. The number of ether oxygens (including phenoxy) is 1. The molecule has 1 aliphatic rings. The molecule has 1 amide bonds. The van der Waals surface area contributed by atoms with Crippen molar-refractivity contribution in [1.29, 1.82) is 0 Å². The second-order valence-electron chi connectivity index (χ2n) is 5.38. The van der Waals surface area contributed by atoms with Gasteiger partial charge in [-0.05, 0) is 24.8 Å². The highest BCUT2D eigenvalue weighted by Gasteiger charge is 2.24. The van der Waals surface area contributed by atoms with E-state index in [4.69, 9.17) is 8.92 Å². The molecular weight excluding hydrogens is 306 g/mol. The Morgan fingerprint density at radius 2 is 1.95 bits per heavy atom. The predicted molar refractivity (Wildman–Crippen MR) is 81.8 cm³/mol. The SMILES string of the molecule is CS(=O)(=O)O[C@@H]1CCCN(C(=O)OCc2ccccc2)CC1. The average molecular weight is 327 g/mol. The van der Waals surface area contributed by atoms with Crippen LogP contribution in [0.3, 0.4) is 0 Å². The molecule has 0 aliphatic carbocycles. The first-order valence-corrected chi connectivity index (χ1v) is 9.09. The van der Waals surface area contributed by atoms with Crippen LogP contribution in [0.1, 0.15) is 24.8 Å². The van der Waals surface area contributed by atoms with Crippen LogP contribution in [-0.2, 0) is 25.6 Å². The van der Waals surface area contributed by atoms with Crippen LogP contribution >= 0.6 is 0 Å². The maximum absolute atomic E-state index is 12.1. The fraction of sp³-hybridized carbons (Fsp3) is 0.533. The van der Waals surface area contributed by atoms with Crippen LogP contribution < -0.4 is 0 Å². The molecule has 0 N–H and O–H groups in total. The summed E-state index contributed by atoms with van der Waals surface area (Å²) in [5.41, 5.74) is 0.934. The predicted octanol–water partition coefficient (Wildman–Crippen LogP) is 2.15. The minimum atomic E-state index is -3.46. The Kier molecular flexibility index (Phi) is 5.79. The molecule has 1 atom stereocenters. The summed E-state index contributed by atoms with van der Waals surface area (Å²) in [6, 6.07) is 9.48. The number of nitrogens with zero attached hydrogens (tertiary/aromatic N) is 1. The smallest absolute Gasteiger partial charge is 0.410 e. The Hall–Kier alpha value is -1.60. The summed E-state index contributed by atoms with van der Waals surface area (Å²) in [7, 11) is -3.46. The molecule has 22 heavy (non-hydrogen) atoms. The van der Waals surface area contributed by atoms with Gasteiger partial charge >= 0.3 is 6.09 Å². The Balaban J connectivity index is 1.81. The zero-order valence-corrected chi connectivity index (χ0v) is 13.4. The van der Waals surface area contributed by atoms with Gasteiger partial charge in [-0.3, -0.25) is 4.18 Å². The van der Waals surface area contributed by atoms with E-state index < -0.39 is 10.1 Å². The van der Waals surface area contributed by atoms with Gasteiger partial charge in [-0.15, -0.1) is 0 Å². The zero-order chi connectivity index (χ0) is 16.0. The van der Waals surface area contributed by atoms with Crippen LogP contribution in [0, 0.1) is 0 Å². The fourth-order valence-electron chi connectivity index (χ4n) is 2.40. The van der Waals surface area contributed by atoms with Gasteiger partial charge in [0, 0.05) is 13.1 Å². The maximum atomic E-state index is 12.1. The summed E-state index contributed by atoms with van der Waals surface area (Å²) in [4.78, 5) is 13.7. The second kappa shape index (κ2) is 7.60. The van der Waals surface area contributed by atoms with Gasteiger partial charge in [-0.2, -0.15) is 8.42 Å². The minimum absolute atomic E-state index is 0.236. The molecule has 122 valence electrons. The molecule has 0 unspecified atom stereocenters. The molecule has 1 saturated heterocycles. The largest absolute Gasteiger partial charge is 0.445 e. The van der Waals surface area contributed by atoms with Gasteiger partial charge in [-0.1, -0.05) is 30.3 Å². The lowest BCUT2D eigenvalue weighted by Crippen LogP contribution is -2.32. The van der Waals surface area contributed by atoms with Crippen molar-refractivity contribution in [2.45, 2.75) is 32.0 Å². The molecule has 2 rings (SSSR count). The van der Waals surface area contributed by atoms with Crippen LogP contribution in [0.15, 0.2) is 30.3 Å². The van der Waals surface area contributed by atoms with Crippen LogP contribution in [0.4, 0.5) is 4.79 Å². The van der Waals surface area contributed by atoms with Gasteiger partial charge in [0.15, 0.2) is 0 Å². The van der Waals surface area contributed by atoms with E-state index in [-0.39, 0.29) is 18.8 Å². The van der Waals surface area contributed by atoms with E-state index in [0.717, 1.165) is 11.8 Å². The Morgan fingerprint density at radius 1 is 1.23 bits per heavy atom. The maximum Gasteiger partial charge on any atom is 0.410 e. The molecule has 6 nitrogen and oxygen atoms in total. The highest BCUT2D eigenvalue weighted by atomic mass is 32.2. The number of rotatable bonds is 4. The number of benzene rings is 1. The molecule has 1 aliphatic heterocycles. The molecule has 7 heteroatoms. The summed E-state index contributed by atoms with van der Waals surface area (Å²) in [5.74, 6) is 0. The second-order valence-corrected chi connectivity index (χ2v) is 6.98. The van der Waals surface area contributed by atoms with E-state index in [1.165, 1.54) is 0 Å². The normalized spacial score (nSPS) is 19.5. The third kappa shape index (κ3) is 5.65. The van der Waals surface area contributed by atoms with Gasteiger partial charge in [0.2, 0.25) is 0 Å². The number of carbonyl (C=O) groups is 1. The van der Waals surface area contributed by atoms with Crippen molar-refractivity contribution >= 4 is 16.2 Å². The molecule has 0 aromatic heterocycles. The van der Waals surface area contributed by atoms with Crippen molar-refractivity contribution in [2.75, 3.05) is 19.3 Å². The lowest BCUT2D eigenvalue weighted by Gasteiger charge is -2.20. The van der Waals surface area contributed by atoms with Crippen molar-refractivity contribution in [3.05, 3.63) is 35.9 Å². The molecule has 1 fully saturated rings. The quantitative estimate of drug-likeness (QED) is 0.792. The van der Waals surface area contributed by atoms with Crippen molar-refractivity contribution < 1.29 is 22.1 Å². The van der Waals surface area contributed by atoms with Gasteiger partial charge in [0.25, 0.3) is 10.1 Å². The van der Waals surface area contributed by atoms with E-state index in [1.807, 2.05) is 30.3 Å². The van der Waals surface area contributed by atoms with Crippen LogP contribution in [0.5, 0.6) is 0 Å². The first kappa shape index (κ1) is 16.8. The standard InChI is InChI=1S/C15H21NO5S/c1-22(18,19)21-14-8-5-10-16(11-9-14)15(17)20-12-13-6-3-2-4-7-13/h2-4,6-7,14H,5,8-12H2,1H3/t14-/m1/s1. The number of amides is 1. The van der Waals surface area contributed by atoms with E-state index in [9.17, 15) is 13.2 Å². The van der Waals surface area contributed by atoms with Crippen LogP contribution in [0.25, 0.3) is 0 Å². The third-order valence-corrected chi connectivity index (χ3v) is 4.07. The Bertz CT molecular complexity index is 587. The summed E-state index contributed by atoms with van der Waals surface area (Å²) in [5, 5.41) is 0. The highest BCUT2D eigenvalue weighted by Crippen LogP contribution is 2.17. The number of hydrogen-bond donors (Lipinski definition) is 0. The summed E-state index contributed by atoms with van der Waals surface area (Å²) in [6.07, 6.45) is 2.12. The van der Waals surface area contributed by atoms with Gasteiger partial charge in [0.1, 0.15) is 6.61 Å². The molecule has 0 radical (unpaired) electrons. The molecular formula is C15H21NO5S. The number of carbonyl (C=O) groups excluding carboxylic acids is 1. The molecule has 1 aromatic rings. The van der Waals surface area contributed by atoms with Gasteiger partial charge < -0.3 is 9.64 Å². The lowest BCUT2D eigenvalue weighted by atomic mass is 10.2. The summed E-state index contributed by atoms with van der Waals surface area (Å²) >= 11 is 0. The Morgan fingerprint density at radius 3 is 2.64 bits per heavy atom. The third-order valence-electron chi connectivity index (χ3n) is 3.45. The molecule has 0 bridgehead atoms. The number of hydrogen-bond acceptors (Lipinski definition) is 5. The topological polar surface area (TPSA) is 72.9 Å². The number of likely N-dealkylation sites (tertiary alicyclic amines) is 1. The van der Waals surface area contributed by atoms with Crippen molar-refractivity contribution in [3.8, 4) is 0 Å². The highest BCUT2D eigenvalue weighted by molar-refractivity contribution is 7.86. The Labute approximate surface area is 131 Å². The molecule has 0 spiro atoms. The molecule has 0 saturated carbocycles. The first-order valence-electron chi connectivity index (χ1n) is 7.28. The average Bonchev–Trinajstić information content (AvgIpc) is 2.70. The van der Waals surface area contributed by atoms with Crippen molar-refractivity contribution in [1.82, 2.24) is 4.90 Å². The monoisotopic (exact) mass is 327 g/mol. The van der Waals surface area contributed by atoms with Crippen molar-refractivity contribution in [3.63, 3.8) is 0 Å². The van der Waals surface area contributed by atoms with E-state index in [1.54, 1.807) is 4.90 Å². The van der Waals surface area contributed by atoms with E-state index >= 15 is 0 Å². The minimum Gasteiger partial charge on any atom is -0.445 e. The first-order chi connectivity index (χ1) is 10.4. The summed E-state index contributed by atoms with van der Waals surface area (Å²) < 4.78 is 32.6. The molecule has 1 heterocycles. The van der Waals surface area contributed by atoms with Gasteiger partial charge in [-0.25, -0.2) is 4.79 Å². The zero-order valence-electron chi connectivity index (χ0n) is 12.6. The van der Waals surface area contributed by atoms with E-state index in [2.05, 4.69) is 0 Å². The molecule has 1 aromatic carbocycles. The summed E-state index contributed by atoms with van der Waals surface area (Å²) in [6.45, 7) is 1.23. The van der Waals surface area contributed by atoms with Crippen molar-refractivity contribution in [2.24, 2.45) is 0 Å². The van der Waals surface area contributed by atoms with Crippen LogP contribution in [-0.4, -0.2) is 44.9 Å². The van der Waals surface area contributed by atoms with Crippen LogP contribution in [0.2, 0.25) is 0 Å². The van der Waals surface area contributed by atoms with Gasteiger partial charge in [0.05, 0.1) is 12.4 Å². The lowest BCUT2D eigenvalue weighted by molar-refractivity contribution is 0.0960.